The summed E-state index contributed by atoms with van der Waals surface area (Å²) in [6.45, 7) is 1.92. The summed E-state index contributed by atoms with van der Waals surface area (Å²) >= 11 is 3.43. The number of aldehydes is 1. The molecule has 0 unspecified atom stereocenters. The Morgan fingerprint density at radius 1 is 1.12 bits per heavy atom. The summed E-state index contributed by atoms with van der Waals surface area (Å²) < 4.78 is 6.68. The molecule has 0 N–H and O–H groups in total. The summed E-state index contributed by atoms with van der Waals surface area (Å²) in [6.07, 6.45) is 0.829. The Balaban J connectivity index is 2.31. The highest BCUT2D eigenvalue weighted by molar-refractivity contribution is 9.10. The lowest BCUT2D eigenvalue weighted by Crippen LogP contribution is -1.90. The van der Waals surface area contributed by atoms with Crippen LogP contribution in [0.1, 0.15) is 15.9 Å². The van der Waals surface area contributed by atoms with Gasteiger partial charge in [0.1, 0.15) is 17.8 Å². The van der Waals surface area contributed by atoms with Gasteiger partial charge in [-0.1, -0.05) is 12.1 Å². The van der Waals surface area contributed by atoms with Crippen LogP contribution in [0.25, 0.3) is 0 Å². The normalized spacial score (nSPS) is 10.0. The Labute approximate surface area is 108 Å². The molecule has 0 fully saturated rings. The Bertz CT molecular complexity index is 550. The summed E-state index contributed by atoms with van der Waals surface area (Å²) in [5.74, 6) is 1.51. The first kappa shape index (κ1) is 11.9. The number of rotatable bonds is 3. The Morgan fingerprint density at radius 3 is 2.53 bits per heavy atom. The van der Waals surface area contributed by atoms with E-state index in [1.165, 1.54) is 0 Å². The SMILES string of the molecule is Cc1cc(C=O)ccc1Oc1ccccc1Br. The van der Waals surface area contributed by atoms with Crippen molar-refractivity contribution in [1.29, 1.82) is 0 Å². The largest absolute Gasteiger partial charge is 0.456 e. The maximum atomic E-state index is 10.6. The molecule has 0 heterocycles. The summed E-state index contributed by atoms with van der Waals surface area (Å²) in [4.78, 5) is 10.6. The minimum absolute atomic E-state index is 0.655. The van der Waals surface area contributed by atoms with E-state index in [0.717, 1.165) is 27.8 Å². The molecule has 17 heavy (non-hydrogen) atoms. The Hall–Kier alpha value is -1.61. The van der Waals surface area contributed by atoms with Gasteiger partial charge in [0.05, 0.1) is 4.47 Å². The third-order valence-electron chi connectivity index (χ3n) is 2.39. The van der Waals surface area contributed by atoms with Crippen LogP contribution >= 0.6 is 15.9 Å². The van der Waals surface area contributed by atoms with Crippen molar-refractivity contribution in [2.24, 2.45) is 0 Å². The van der Waals surface area contributed by atoms with Crippen molar-refractivity contribution < 1.29 is 9.53 Å². The highest BCUT2D eigenvalue weighted by atomic mass is 79.9. The van der Waals surface area contributed by atoms with E-state index in [1.54, 1.807) is 18.2 Å². The smallest absolute Gasteiger partial charge is 0.150 e. The molecule has 3 heteroatoms. The molecule has 0 saturated carbocycles. The van der Waals surface area contributed by atoms with Gasteiger partial charge in [-0.05, 0) is 58.7 Å². The van der Waals surface area contributed by atoms with Crippen molar-refractivity contribution in [2.45, 2.75) is 6.92 Å². The number of carbonyl (C=O) groups is 1. The molecular formula is C14H11BrO2. The molecule has 0 aromatic heterocycles. The molecule has 0 bridgehead atoms. The maximum Gasteiger partial charge on any atom is 0.150 e. The molecule has 2 aromatic carbocycles. The van der Waals surface area contributed by atoms with Gasteiger partial charge >= 0.3 is 0 Å². The van der Waals surface area contributed by atoms with Gasteiger partial charge in [-0.3, -0.25) is 4.79 Å². The first-order chi connectivity index (χ1) is 8.20. The van der Waals surface area contributed by atoms with Gasteiger partial charge in [0, 0.05) is 5.56 Å². The zero-order valence-corrected chi connectivity index (χ0v) is 10.9. The Kier molecular flexibility index (Phi) is 3.59. The highest BCUT2D eigenvalue weighted by Gasteiger charge is 2.04. The van der Waals surface area contributed by atoms with Crippen LogP contribution in [0.5, 0.6) is 11.5 Å². The molecule has 0 aliphatic heterocycles. The average Bonchev–Trinajstić information content (AvgIpc) is 2.34. The second-order valence-electron chi connectivity index (χ2n) is 3.68. The lowest BCUT2D eigenvalue weighted by atomic mass is 10.1. The predicted molar refractivity (Wildman–Crippen MR) is 70.8 cm³/mol. The van der Waals surface area contributed by atoms with Crippen molar-refractivity contribution in [2.75, 3.05) is 0 Å². The third-order valence-corrected chi connectivity index (χ3v) is 3.05. The van der Waals surface area contributed by atoms with Crippen molar-refractivity contribution in [3.05, 3.63) is 58.1 Å². The van der Waals surface area contributed by atoms with Gasteiger partial charge < -0.3 is 4.74 Å². The van der Waals surface area contributed by atoms with Crippen molar-refractivity contribution in [3.63, 3.8) is 0 Å². The third kappa shape index (κ3) is 2.74. The number of halogens is 1. The van der Waals surface area contributed by atoms with Gasteiger partial charge in [0.25, 0.3) is 0 Å². The number of ether oxygens (including phenoxy) is 1. The number of carbonyl (C=O) groups excluding carboxylic acids is 1. The van der Waals surface area contributed by atoms with Crippen molar-refractivity contribution in [3.8, 4) is 11.5 Å². The molecule has 0 radical (unpaired) electrons. The van der Waals surface area contributed by atoms with E-state index in [9.17, 15) is 4.79 Å². The molecule has 0 aliphatic rings. The Morgan fingerprint density at radius 2 is 1.88 bits per heavy atom. The van der Waals surface area contributed by atoms with E-state index in [4.69, 9.17) is 4.74 Å². The lowest BCUT2D eigenvalue weighted by molar-refractivity contribution is 0.112. The molecule has 0 aliphatic carbocycles. The maximum absolute atomic E-state index is 10.6. The van der Waals surface area contributed by atoms with Crippen LogP contribution in [-0.4, -0.2) is 6.29 Å². The number of benzene rings is 2. The lowest BCUT2D eigenvalue weighted by Gasteiger charge is -2.10. The van der Waals surface area contributed by atoms with Crippen LogP contribution in [0.15, 0.2) is 46.9 Å². The van der Waals surface area contributed by atoms with Crippen LogP contribution in [-0.2, 0) is 0 Å². The van der Waals surface area contributed by atoms with Crippen LogP contribution in [0, 0.1) is 6.92 Å². The van der Waals surface area contributed by atoms with Crippen molar-refractivity contribution in [1.82, 2.24) is 0 Å². The van der Waals surface area contributed by atoms with Crippen LogP contribution in [0.4, 0.5) is 0 Å². The molecule has 0 spiro atoms. The molecule has 2 rings (SSSR count). The quantitative estimate of drug-likeness (QED) is 0.785. The first-order valence-electron chi connectivity index (χ1n) is 5.19. The average molecular weight is 291 g/mol. The summed E-state index contributed by atoms with van der Waals surface area (Å²) in [6, 6.07) is 13.0. The highest BCUT2D eigenvalue weighted by Crippen LogP contribution is 2.31. The van der Waals surface area contributed by atoms with E-state index in [2.05, 4.69) is 15.9 Å². The molecule has 0 saturated heterocycles. The molecule has 86 valence electrons. The fourth-order valence-electron chi connectivity index (χ4n) is 1.51. The van der Waals surface area contributed by atoms with Gasteiger partial charge in [0.15, 0.2) is 0 Å². The molecule has 2 nitrogen and oxygen atoms in total. The summed E-state index contributed by atoms with van der Waals surface area (Å²) in [5, 5.41) is 0. The summed E-state index contributed by atoms with van der Waals surface area (Å²) in [5.41, 5.74) is 1.59. The van der Waals surface area contributed by atoms with Crippen molar-refractivity contribution >= 4 is 22.2 Å². The van der Waals surface area contributed by atoms with Crippen LogP contribution < -0.4 is 4.74 Å². The number of hydrogen-bond donors (Lipinski definition) is 0. The predicted octanol–water partition coefficient (Wildman–Crippen LogP) is 4.36. The zero-order chi connectivity index (χ0) is 12.3. The molecule has 2 aromatic rings. The molecular weight excluding hydrogens is 280 g/mol. The monoisotopic (exact) mass is 290 g/mol. The minimum Gasteiger partial charge on any atom is -0.456 e. The van der Waals surface area contributed by atoms with E-state index in [1.807, 2.05) is 31.2 Å². The first-order valence-corrected chi connectivity index (χ1v) is 5.98. The fraction of sp³-hybridized carbons (Fsp3) is 0.0714. The second kappa shape index (κ2) is 5.15. The zero-order valence-electron chi connectivity index (χ0n) is 9.31. The number of aryl methyl sites for hydroxylation is 1. The van der Waals surface area contributed by atoms with E-state index >= 15 is 0 Å². The van der Waals surface area contributed by atoms with Crippen LogP contribution in [0.2, 0.25) is 0 Å². The van der Waals surface area contributed by atoms with E-state index in [0.29, 0.717) is 5.56 Å². The fourth-order valence-corrected chi connectivity index (χ4v) is 1.87. The minimum atomic E-state index is 0.655. The van der Waals surface area contributed by atoms with E-state index < -0.39 is 0 Å². The second-order valence-corrected chi connectivity index (χ2v) is 4.53. The topological polar surface area (TPSA) is 26.3 Å². The van der Waals surface area contributed by atoms with Gasteiger partial charge in [-0.25, -0.2) is 0 Å². The summed E-state index contributed by atoms with van der Waals surface area (Å²) in [7, 11) is 0. The molecule has 0 atom stereocenters. The van der Waals surface area contributed by atoms with Gasteiger partial charge in [0.2, 0.25) is 0 Å². The van der Waals surface area contributed by atoms with Crippen LogP contribution in [0.3, 0.4) is 0 Å². The molecule has 0 amide bonds. The van der Waals surface area contributed by atoms with Gasteiger partial charge in [-0.15, -0.1) is 0 Å². The standard InChI is InChI=1S/C14H11BrO2/c1-10-8-11(9-16)6-7-13(10)17-14-5-3-2-4-12(14)15/h2-9H,1H3. The van der Waals surface area contributed by atoms with E-state index in [-0.39, 0.29) is 0 Å². The number of hydrogen-bond acceptors (Lipinski definition) is 2. The van der Waals surface area contributed by atoms with Gasteiger partial charge in [-0.2, -0.15) is 0 Å². The number of para-hydroxylation sites is 1.